The molecule has 2 aromatic rings. The van der Waals surface area contributed by atoms with Crippen LogP contribution >= 0.6 is 0 Å². The SMILES string of the molecule is N#Cc1cnc2ccc(N)cn2c1=O. The lowest BCUT2D eigenvalue weighted by Gasteiger charge is -2.00. The number of rotatable bonds is 0. The number of anilines is 1. The maximum absolute atomic E-state index is 11.6. The molecule has 2 heterocycles. The standard InChI is InChI=1S/C9H6N4O/c10-3-6-4-12-8-2-1-7(11)5-13(8)9(6)14/h1-2,4-5H,11H2. The van der Waals surface area contributed by atoms with Crippen LogP contribution in [-0.2, 0) is 0 Å². The highest BCUT2D eigenvalue weighted by Gasteiger charge is 2.02. The Morgan fingerprint density at radius 2 is 2.29 bits per heavy atom. The summed E-state index contributed by atoms with van der Waals surface area (Å²) in [5.41, 5.74) is 6.05. The van der Waals surface area contributed by atoms with Crippen LogP contribution in [0.4, 0.5) is 5.69 Å². The molecule has 0 saturated heterocycles. The van der Waals surface area contributed by atoms with Gasteiger partial charge in [-0.05, 0) is 12.1 Å². The van der Waals surface area contributed by atoms with Gasteiger partial charge >= 0.3 is 0 Å². The number of hydrogen-bond donors (Lipinski definition) is 1. The van der Waals surface area contributed by atoms with Crippen LogP contribution in [0, 0.1) is 11.3 Å². The highest BCUT2D eigenvalue weighted by atomic mass is 16.1. The van der Waals surface area contributed by atoms with E-state index in [-0.39, 0.29) is 5.56 Å². The topological polar surface area (TPSA) is 84.2 Å². The molecule has 0 radical (unpaired) electrons. The predicted octanol–water partition coefficient (Wildman–Crippen LogP) is 0.148. The molecule has 0 aliphatic heterocycles. The third-order valence-corrected chi connectivity index (χ3v) is 1.85. The fourth-order valence-corrected chi connectivity index (χ4v) is 1.17. The second-order valence-electron chi connectivity index (χ2n) is 2.78. The highest BCUT2D eigenvalue weighted by molar-refractivity contribution is 5.47. The zero-order valence-electron chi connectivity index (χ0n) is 7.14. The van der Waals surface area contributed by atoms with Crippen molar-refractivity contribution < 1.29 is 0 Å². The molecule has 0 bridgehead atoms. The summed E-state index contributed by atoms with van der Waals surface area (Å²) in [5.74, 6) is 0. The van der Waals surface area contributed by atoms with Crippen LogP contribution in [0.15, 0.2) is 29.3 Å². The molecule has 0 atom stereocenters. The van der Waals surface area contributed by atoms with Gasteiger partial charge < -0.3 is 5.73 Å². The molecular weight excluding hydrogens is 180 g/mol. The van der Waals surface area contributed by atoms with Gasteiger partial charge in [-0.1, -0.05) is 0 Å². The summed E-state index contributed by atoms with van der Waals surface area (Å²) in [6, 6.07) is 5.04. The molecule has 0 aromatic carbocycles. The predicted molar refractivity (Wildman–Crippen MR) is 50.6 cm³/mol. The van der Waals surface area contributed by atoms with Gasteiger partial charge in [0.05, 0.1) is 6.20 Å². The average molecular weight is 186 g/mol. The van der Waals surface area contributed by atoms with E-state index in [4.69, 9.17) is 11.0 Å². The summed E-state index contributed by atoms with van der Waals surface area (Å²) in [4.78, 5) is 15.5. The Hall–Kier alpha value is -2.35. The van der Waals surface area contributed by atoms with Gasteiger partial charge in [0, 0.05) is 11.9 Å². The van der Waals surface area contributed by atoms with E-state index in [0.29, 0.717) is 11.3 Å². The van der Waals surface area contributed by atoms with E-state index < -0.39 is 5.56 Å². The molecule has 14 heavy (non-hydrogen) atoms. The van der Waals surface area contributed by atoms with E-state index in [1.165, 1.54) is 16.8 Å². The number of aromatic nitrogens is 2. The molecule has 0 fully saturated rings. The second-order valence-corrected chi connectivity index (χ2v) is 2.78. The van der Waals surface area contributed by atoms with Crippen molar-refractivity contribution in [2.45, 2.75) is 0 Å². The first-order chi connectivity index (χ1) is 6.72. The number of nitrogens with two attached hydrogens (primary N) is 1. The van der Waals surface area contributed by atoms with Gasteiger partial charge in [0.25, 0.3) is 5.56 Å². The van der Waals surface area contributed by atoms with Crippen molar-refractivity contribution in [1.82, 2.24) is 9.38 Å². The van der Waals surface area contributed by atoms with Gasteiger partial charge in [0.15, 0.2) is 0 Å². The Balaban J connectivity index is 2.96. The molecule has 0 aliphatic rings. The Labute approximate surface area is 79.0 Å². The van der Waals surface area contributed by atoms with Crippen molar-refractivity contribution in [3.05, 3.63) is 40.4 Å². The van der Waals surface area contributed by atoms with Gasteiger partial charge in [-0.3, -0.25) is 9.20 Å². The van der Waals surface area contributed by atoms with Crippen molar-refractivity contribution in [2.75, 3.05) is 5.73 Å². The minimum atomic E-state index is -0.398. The monoisotopic (exact) mass is 186 g/mol. The van der Waals surface area contributed by atoms with E-state index in [0.717, 1.165) is 0 Å². The Morgan fingerprint density at radius 3 is 3.00 bits per heavy atom. The summed E-state index contributed by atoms with van der Waals surface area (Å²) >= 11 is 0. The van der Waals surface area contributed by atoms with E-state index in [2.05, 4.69) is 4.98 Å². The normalized spacial score (nSPS) is 9.93. The van der Waals surface area contributed by atoms with E-state index in [1.54, 1.807) is 18.2 Å². The van der Waals surface area contributed by atoms with Crippen molar-refractivity contribution in [1.29, 1.82) is 5.26 Å². The number of fused-ring (bicyclic) bond motifs is 1. The molecule has 0 amide bonds. The molecule has 0 unspecified atom stereocenters. The largest absolute Gasteiger partial charge is 0.398 e. The van der Waals surface area contributed by atoms with E-state index in [9.17, 15) is 4.79 Å². The first-order valence-corrected chi connectivity index (χ1v) is 3.89. The van der Waals surface area contributed by atoms with Crippen LogP contribution in [0.5, 0.6) is 0 Å². The average Bonchev–Trinajstić information content (AvgIpc) is 2.20. The van der Waals surface area contributed by atoms with Gasteiger partial charge in [0.1, 0.15) is 17.3 Å². The fourth-order valence-electron chi connectivity index (χ4n) is 1.17. The molecule has 0 spiro atoms. The molecule has 0 saturated carbocycles. The quantitative estimate of drug-likeness (QED) is 0.634. The highest BCUT2D eigenvalue weighted by Crippen LogP contribution is 2.03. The van der Waals surface area contributed by atoms with Gasteiger partial charge in [0.2, 0.25) is 0 Å². The third-order valence-electron chi connectivity index (χ3n) is 1.85. The molecule has 5 nitrogen and oxygen atoms in total. The summed E-state index contributed by atoms with van der Waals surface area (Å²) in [5, 5.41) is 8.61. The van der Waals surface area contributed by atoms with Gasteiger partial charge in [-0.25, -0.2) is 4.98 Å². The number of nitrogen functional groups attached to an aromatic ring is 1. The number of pyridine rings is 1. The lowest BCUT2D eigenvalue weighted by Crippen LogP contribution is -2.17. The summed E-state index contributed by atoms with van der Waals surface area (Å²) in [6.45, 7) is 0. The molecule has 0 aliphatic carbocycles. The lowest BCUT2D eigenvalue weighted by atomic mass is 10.3. The molecule has 2 aromatic heterocycles. The van der Waals surface area contributed by atoms with E-state index >= 15 is 0 Å². The van der Waals surface area contributed by atoms with Gasteiger partial charge in [-0.2, -0.15) is 5.26 Å². The van der Waals surface area contributed by atoms with Crippen LogP contribution in [0.25, 0.3) is 5.65 Å². The zero-order chi connectivity index (χ0) is 10.1. The van der Waals surface area contributed by atoms with Crippen molar-refractivity contribution in [3.63, 3.8) is 0 Å². The summed E-state index contributed by atoms with van der Waals surface area (Å²) in [6.07, 6.45) is 2.71. The van der Waals surface area contributed by atoms with Crippen LogP contribution < -0.4 is 11.3 Å². The molecule has 68 valence electrons. The first kappa shape index (κ1) is 8.26. The maximum Gasteiger partial charge on any atom is 0.275 e. The third kappa shape index (κ3) is 1.10. The maximum atomic E-state index is 11.6. The summed E-state index contributed by atoms with van der Waals surface area (Å²) < 4.78 is 1.26. The Kier molecular flexibility index (Phi) is 1.68. The smallest absolute Gasteiger partial charge is 0.275 e. The first-order valence-electron chi connectivity index (χ1n) is 3.89. The number of nitrogens with zero attached hydrogens (tertiary/aromatic N) is 3. The fraction of sp³-hybridized carbons (Fsp3) is 0. The minimum Gasteiger partial charge on any atom is -0.398 e. The van der Waals surface area contributed by atoms with E-state index in [1.807, 2.05) is 0 Å². The lowest BCUT2D eigenvalue weighted by molar-refractivity contribution is 1.04. The Morgan fingerprint density at radius 1 is 1.50 bits per heavy atom. The molecule has 5 heteroatoms. The molecule has 2 N–H and O–H groups in total. The number of hydrogen-bond acceptors (Lipinski definition) is 4. The van der Waals surface area contributed by atoms with Crippen molar-refractivity contribution in [3.8, 4) is 6.07 Å². The number of nitriles is 1. The minimum absolute atomic E-state index is 0.00750. The van der Waals surface area contributed by atoms with Crippen LogP contribution in [0.2, 0.25) is 0 Å². The second kappa shape index (κ2) is 2.85. The zero-order valence-corrected chi connectivity index (χ0v) is 7.14. The molecule has 2 rings (SSSR count). The van der Waals surface area contributed by atoms with Crippen LogP contribution in [0.3, 0.4) is 0 Å². The Bertz CT molecular complexity index is 594. The van der Waals surface area contributed by atoms with Crippen molar-refractivity contribution >= 4 is 11.3 Å². The van der Waals surface area contributed by atoms with Crippen molar-refractivity contribution in [2.24, 2.45) is 0 Å². The summed E-state index contributed by atoms with van der Waals surface area (Å²) in [7, 11) is 0. The molecular formula is C9H6N4O. The van der Waals surface area contributed by atoms with Gasteiger partial charge in [-0.15, -0.1) is 0 Å². The van der Waals surface area contributed by atoms with Crippen LogP contribution in [-0.4, -0.2) is 9.38 Å². The van der Waals surface area contributed by atoms with Crippen LogP contribution in [0.1, 0.15) is 5.56 Å².